The van der Waals surface area contributed by atoms with Gasteiger partial charge in [-0.15, -0.1) is 5.10 Å². The molecule has 3 aromatic rings. The number of hydrogen-bond donors (Lipinski definition) is 2. The molecule has 0 atom stereocenters. The number of benzene rings is 2. The molecule has 134 valence electrons. The van der Waals surface area contributed by atoms with Crippen LogP contribution in [0.3, 0.4) is 0 Å². The third-order valence-corrected chi connectivity index (χ3v) is 4.32. The minimum Gasteiger partial charge on any atom is -0.353 e. The standard InChI is InChI=1S/C21H25N5/c1-3-18-13-7-9-16(2)20(18)24-19-15-23-26-21(25-19)22-14-8-12-17-10-5-4-6-11-17/h4-7,9-11,13,15H,3,8,12,14H2,1-2H3,(H2,22,24,25,26). The molecular formula is C21H25N5. The van der Waals surface area contributed by atoms with Gasteiger partial charge in [0.2, 0.25) is 5.95 Å². The van der Waals surface area contributed by atoms with Crippen LogP contribution in [0.15, 0.2) is 54.7 Å². The molecule has 3 rings (SSSR count). The molecule has 26 heavy (non-hydrogen) atoms. The van der Waals surface area contributed by atoms with Crippen molar-refractivity contribution in [2.24, 2.45) is 0 Å². The summed E-state index contributed by atoms with van der Waals surface area (Å²) in [6.07, 6.45) is 4.67. The summed E-state index contributed by atoms with van der Waals surface area (Å²) in [5.41, 5.74) is 4.90. The van der Waals surface area contributed by atoms with Crippen LogP contribution in [0.2, 0.25) is 0 Å². The quantitative estimate of drug-likeness (QED) is 0.586. The lowest BCUT2D eigenvalue weighted by Crippen LogP contribution is -2.09. The Morgan fingerprint density at radius 3 is 2.65 bits per heavy atom. The van der Waals surface area contributed by atoms with Gasteiger partial charge in [0.15, 0.2) is 5.82 Å². The van der Waals surface area contributed by atoms with E-state index in [9.17, 15) is 0 Å². The summed E-state index contributed by atoms with van der Waals surface area (Å²) in [7, 11) is 0. The zero-order valence-corrected chi connectivity index (χ0v) is 15.4. The van der Waals surface area contributed by atoms with Gasteiger partial charge >= 0.3 is 0 Å². The van der Waals surface area contributed by atoms with Crippen molar-refractivity contribution in [1.29, 1.82) is 0 Å². The molecule has 0 aliphatic carbocycles. The van der Waals surface area contributed by atoms with Crippen LogP contribution in [-0.4, -0.2) is 21.7 Å². The minimum absolute atomic E-state index is 0.551. The van der Waals surface area contributed by atoms with Crippen LogP contribution < -0.4 is 10.6 Å². The lowest BCUT2D eigenvalue weighted by Gasteiger charge is -2.13. The Bertz CT molecular complexity index is 833. The van der Waals surface area contributed by atoms with Gasteiger partial charge in [-0.25, -0.2) is 0 Å². The van der Waals surface area contributed by atoms with Gasteiger partial charge in [-0.05, 0) is 42.9 Å². The predicted octanol–water partition coefficient (Wildman–Crippen LogP) is 4.53. The van der Waals surface area contributed by atoms with E-state index in [2.05, 4.69) is 82.1 Å². The molecule has 1 aromatic heterocycles. The molecule has 0 saturated heterocycles. The monoisotopic (exact) mass is 347 g/mol. The number of rotatable bonds is 8. The van der Waals surface area contributed by atoms with Crippen molar-refractivity contribution < 1.29 is 0 Å². The number of nitrogens with one attached hydrogen (secondary N) is 2. The van der Waals surface area contributed by atoms with Crippen molar-refractivity contribution in [3.63, 3.8) is 0 Å². The highest BCUT2D eigenvalue weighted by Crippen LogP contribution is 2.24. The molecule has 0 aliphatic heterocycles. The third-order valence-electron chi connectivity index (χ3n) is 4.32. The van der Waals surface area contributed by atoms with E-state index < -0.39 is 0 Å². The molecule has 5 heteroatoms. The first-order valence-corrected chi connectivity index (χ1v) is 9.09. The summed E-state index contributed by atoms with van der Waals surface area (Å²) < 4.78 is 0. The largest absolute Gasteiger partial charge is 0.353 e. The molecule has 0 unspecified atom stereocenters. The fourth-order valence-electron chi connectivity index (χ4n) is 2.91. The second kappa shape index (κ2) is 8.94. The molecule has 2 N–H and O–H groups in total. The smallest absolute Gasteiger partial charge is 0.244 e. The maximum Gasteiger partial charge on any atom is 0.244 e. The molecule has 5 nitrogen and oxygen atoms in total. The van der Waals surface area contributed by atoms with Crippen molar-refractivity contribution in [2.75, 3.05) is 17.2 Å². The van der Waals surface area contributed by atoms with Gasteiger partial charge < -0.3 is 10.6 Å². The Hall–Kier alpha value is -2.95. The zero-order chi connectivity index (χ0) is 18.2. The van der Waals surface area contributed by atoms with Gasteiger partial charge in [0.1, 0.15) is 0 Å². The molecule has 2 aromatic carbocycles. The first-order chi connectivity index (χ1) is 12.8. The van der Waals surface area contributed by atoms with E-state index in [4.69, 9.17) is 0 Å². The fraction of sp³-hybridized carbons (Fsp3) is 0.286. The zero-order valence-electron chi connectivity index (χ0n) is 15.4. The van der Waals surface area contributed by atoms with Gasteiger partial charge in [-0.3, -0.25) is 0 Å². The Labute approximate surface area is 154 Å². The summed E-state index contributed by atoms with van der Waals surface area (Å²) in [5.74, 6) is 1.25. The van der Waals surface area contributed by atoms with Crippen LogP contribution in [-0.2, 0) is 12.8 Å². The van der Waals surface area contributed by atoms with Gasteiger partial charge in [-0.1, -0.05) is 55.5 Å². The Morgan fingerprint density at radius 1 is 1.00 bits per heavy atom. The second-order valence-electron chi connectivity index (χ2n) is 6.27. The summed E-state index contributed by atoms with van der Waals surface area (Å²) in [5, 5.41) is 14.8. The Balaban J connectivity index is 1.58. The molecule has 0 saturated carbocycles. The maximum atomic E-state index is 4.53. The van der Waals surface area contributed by atoms with Gasteiger partial charge in [0.25, 0.3) is 0 Å². The number of hydrogen-bond acceptors (Lipinski definition) is 5. The SMILES string of the molecule is CCc1cccc(C)c1Nc1cnnc(NCCCc2ccccc2)n1. The first kappa shape index (κ1) is 17.9. The van der Waals surface area contributed by atoms with Crippen molar-refractivity contribution >= 4 is 17.5 Å². The average Bonchev–Trinajstić information content (AvgIpc) is 2.68. The van der Waals surface area contributed by atoms with Crippen molar-refractivity contribution in [3.05, 3.63) is 71.4 Å². The van der Waals surface area contributed by atoms with E-state index >= 15 is 0 Å². The highest BCUT2D eigenvalue weighted by molar-refractivity contribution is 5.64. The van der Waals surface area contributed by atoms with Crippen LogP contribution >= 0.6 is 0 Å². The molecule has 0 aliphatic rings. The predicted molar refractivity (Wildman–Crippen MR) is 107 cm³/mol. The van der Waals surface area contributed by atoms with E-state index in [0.717, 1.165) is 31.5 Å². The van der Waals surface area contributed by atoms with E-state index in [-0.39, 0.29) is 0 Å². The topological polar surface area (TPSA) is 62.7 Å². The summed E-state index contributed by atoms with van der Waals surface area (Å²) in [6.45, 7) is 5.06. The number of aromatic nitrogens is 3. The minimum atomic E-state index is 0.551. The fourth-order valence-corrected chi connectivity index (χ4v) is 2.91. The first-order valence-electron chi connectivity index (χ1n) is 9.09. The van der Waals surface area contributed by atoms with Gasteiger partial charge in [0, 0.05) is 12.2 Å². The Morgan fingerprint density at radius 2 is 1.85 bits per heavy atom. The lowest BCUT2D eigenvalue weighted by atomic mass is 10.1. The van der Waals surface area contributed by atoms with Crippen LogP contribution in [0, 0.1) is 6.92 Å². The summed E-state index contributed by atoms with van der Waals surface area (Å²) >= 11 is 0. The average molecular weight is 347 g/mol. The van der Waals surface area contributed by atoms with Crippen LogP contribution in [0.25, 0.3) is 0 Å². The van der Waals surface area contributed by atoms with E-state index in [1.54, 1.807) is 6.20 Å². The van der Waals surface area contributed by atoms with Crippen molar-refractivity contribution in [2.45, 2.75) is 33.1 Å². The molecule has 1 heterocycles. The van der Waals surface area contributed by atoms with Crippen LogP contribution in [0.5, 0.6) is 0 Å². The molecule has 0 fully saturated rings. The molecule has 0 spiro atoms. The molecular weight excluding hydrogens is 322 g/mol. The second-order valence-corrected chi connectivity index (χ2v) is 6.27. The number of para-hydroxylation sites is 1. The van der Waals surface area contributed by atoms with E-state index in [1.165, 1.54) is 16.7 Å². The molecule has 0 amide bonds. The van der Waals surface area contributed by atoms with Crippen molar-refractivity contribution in [3.8, 4) is 0 Å². The van der Waals surface area contributed by atoms with Crippen LogP contribution in [0.4, 0.5) is 17.5 Å². The highest BCUT2D eigenvalue weighted by atomic mass is 15.3. The molecule has 0 bridgehead atoms. The highest BCUT2D eigenvalue weighted by Gasteiger charge is 2.07. The van der Waals surface area contributed by atoms with Crippen molar-refractivity contribution in [1.82, 2.24) is 15.2 Å². The van der Waals surface area contributed by atoms with Gasteiger partial charge in [0.05, 0.1) is 6.20 Å². The lowest BCUT2D eigenvalue weighted by molar-refractivity contribution is 0.843. The normalized spacial score (nSPS) is 10.5. The van der Waals surface area contributed by atoms with E-state index in [1.807, 2.05) is 6.07 Å². The van der Waals surface area contributed by atoms with E-state index in [0.29, 0.717) is 11.8 Å². The number of anilines is 3. The summed E-state index contributed by atoms with van der Waals surface area (Å²) in [6, 6.07) is 16.8. The maximum absolute atomic E-state index is 4.53. The number of aryl methyl sites for hydroxylation is 3. The van der Waals surface area contributed by atoms with Gasteiger partial charge in [-0.2, -0.15) is 10.1 Å². The van der Waals surface area contributed by atoms with Crippen LogP contribution in [0.1, 0.15) is 30.0 Å². The summed E-state index contributed by atoms with van der Waals surface area (Å²) in [4.78, 5) is 4.53. The third kappa shape index (κ3) is 4.79. The molecule has 0 radical (unpaired) electrons. The number of nitrogens with zero attached hydrogens (tertiary/aromatic N) is 3. The Kier molecular flexibility index (Phi) is 6.14.